The van der Waals surface area contributed by atoms with Gasteiger partial charge in [0, 0.05) is 6.42 Å². The Morgan fingerprint density at radius 3 is 2.47 bits per heavy atom. The summed E-state index contributed by atoms with van der Waals surface area (Å²) in [6, 6.07) is 0. The van der Waals surface area contributed by atoms with Crippen LogP contribution in [0.5, 0.6) is 0 Å². The van der Waals surface area contributed by atoms with Crippen LogP contribution in [0.3, 0.4) is 0 Å². The van der Waals surface area contributed by atoms with E-state index in [0.29, 0.717) is 0 Å². The lowest BCUT2D eigenvalue weighted by atomic mass is 9.85. The molecule has 0 saturated heterocycles. The van der Waals surface area contributed by atoms with E-state index in [0.717, 1.165) is 32.1 Å². The van der Waals surface area contributed by atoms with Crippen molar-refractivity contribution in [1.82, 2.24) is 0 Å². The van der Waals surface area contributed by atoms with Gasteiger partial charge in [0.15, 0.2) is 0 Å². The zero-order chi connectivity index (χ0) is 11.0. The second kappa shape index (κ2) is 6.90. The van der Waals surface area contributed by atoms with Gasteiger partial charge in [0.1, 0.15) is 5.60 Å². The van der Waals surface area contributed by atoms with Crippen LogP contribution in [0, 0.1) is 11.8 Å². The molecule has 0 heterocycles. The molecule has 1 rings (SSSR count). The fourth-order valence-corrected chi connectivity index (χ4v) is 2.13. The van der Waals surface area contributed by atoms with Crippen LogP contribution in [0.15, 0.2) is 0 Å². The van der Waals surface area contributed by atoms with Crippen molar-refractivity contribution < 1.29 is 5.11 Å². The van der Waals surface area contributed by atoms with Crippen molar-refractivity contribution in [2.75, 3.05) is 0 Å². The quantitative estimate of drug-likeness (QED) is 0.552. The third-order valence-corrected chi connectivity index (χ3v) is 3.16. The van der Waals surface area contributed by atoms with Crippen molar-refractivity contribution in [3.63, 3.8) is 0 Å². The van der Waals surface area contributed by atoms with Crippen molar-refractivity contribution in [3.8, 4) is 11.8 Å². The predicted octanol–water partition coefficient (Wildman–Crippen LogP) is 3.66. The summed E-state index contributed by atoms with van der Waals surface area (Å²) in [5, 5.41) is 10.1. The Kier molecular flexibility index (Phi) is 5.79. The standard InChI is InChI=1S/C14H24O/c1-2-3-4-5-6-8-11-14(15)12-9-7-10-13-14/h15H,2-7,9-10,12-13H2,1H3. The smallest absolute Gasteiger partial charge is 0.125 e. The van der Waals surface area contributed by atoms with Crippen LogP contribution in [0.25, 0.3) is 0 Å². The van der Waals surface area contributed by atoms with Crippen LogP contribution in [0.2, 0.25) is 0 Å². The molecule has 0 amide bonds. The first kappa shape index (κ1) is 12.6. The lowest BCUT2D eigenvalue weighted by Gasteiger charge is -2.26. The molecule has 1 aliphatic carbocycles. The Hall–Kier alpha value is -0.480. The second-order valence-electron chi connectivity index (χ2n) is 4.70. The molecule has 0 atom stereocenters. The molecule has 1 aliphatic rings. The lowest BCUT2D eigenvalue weighted by Crippen LogP contribution is -2.29. The van der Waals surface area contributed by atoms with Crippen LogP contribution >= 0.6 is 0 Å². The van der Waals surface area contributed by atoms with Crippen molar-refractivity contribution in [2.45, 2.75) is 76.7 Å². The summed E-state index contributed by atoms with van der Waals surface area (Å²) in [7, 11) is 0. The van der Waals surface area contributed by atoms with Gasteiger partial charge in [-0.2, -0.15) is 0 Å². The largest absolute Gasteiger partial charge is 0.378 e. The van der Waals surface area contributed by atoms with E-state index in [1.165, 1.54) is 32.1 Å². The average molecular weight is 208 g/mol. The zero-order valence-electron chi connectivity index (χ0n) is 10.0. The molecule has 0 bridgehead atoms. The molecule has 0 aromatic carbocycles. The van der Waals surface area contributed by atoms with Gasteiger partial charge in [-0.1, -0.05) is 38.5 Å². The molecule has 1 N–H and O–H groups in total. The van der Waals surface area contributed by atoms with Gasteiger partial charge < -0.3 is 5.11 Å². The average Bonchev–Trinajstić information content (AvgIpc) is 2.24. The fourth-order valence-electron chi connectivity index (χ4n) is 2.13. The normalized spacial score (nSPS) is 19.3. The Morgan fingerprint density at radius 1 is 1.07 bits per heavy atom. The number of hydrogen-bond acceptors (Lipinski definition) is 1. The summed E-state index contributed by atoms with van der Waals surface area (Å²) in [6.07, 6.45) is 11.3. The number of unbranched alkanes of at least 4 members (excludes halogenated alkanes) is 4. The van der Waals surface area contributed by atoms with Crippen LogP contribution < -0.4 is 0 Å². The molecule has 1 saturated carbocycles. The molecular weight excluding hydrogens is 184 g/mol. The maximum atomic E-state index is 10.1. The first-order valence-electron chi connectivity index (χ1n) is 6.49. The van der Waals surface area contributed by atoms with E-state index in [4.69, 9.17) is 0 Å². The van der Waals surface area contributed by atoms with Crippen LogP contribution in [-0.4, -0.2) is 10.7 Å². The zero-order valence-corrected chi connectivity index (χ0v) is 10.0. The third kappa shape index (κ3) is 5.23. The molecule has 1 fully saturated rings. The molecule has 86 valence electrons. The third-order valence-electron chi connectivity index (χ3n) is 3.16. The molecule has 0 spiro atoms. The first-order valence-corrected chi connectivity index (χ1v) is 6.49. The molecule has 1 nitrogen and oxygen atoms in total. The maximum Gasteiger partial charge on any atom is 0.125 e. The molecule has 0 radical (unpaired) electrons. The minimum absolute atomic E-state index is 0.636. The molecular formula is C14H24O. The van der Waals surface area contributed by atoms with Gasteiger partial charge in [0.05, 0.1) is 0 Å². The Morgan fingerprint density at radius 2 is 1.80 bits per heavy atom. The van der Waals surface area contributed by atoms with Crippen molar-refractivity contribution in [2.24, 2.45) is 0 Å². The van der Waals surface area contributed by atoms with E-state index < -0.39 is 5.60 Å². The second-order valence-corrected chi connectivity index (χ2v) is 4.70. The van der Waals surface area contributed by atoms with E-state index in [1.54, 1.807) is 0 Å². The van der Waals surface area contributed by atoms with Gasteiger partial charge in [0.25, 0.3) is 0 Å². The predicted molar refractivity (Wildman–Crippen MR) is 64.6 cm³/mol. The fraction of sp³-hybridized carbons (Fsp3) is 0.857. The van der Waals surface area contributed by atoms with Gasteiger partial charge >= 0.3 is 0 Å². The molecule has 15 heavy (non-hydrogen) atoms. The first-order chi connectivity index (χ1) is 7.27. The molecule has 1 heteroatoms. The molecule has 0 aromatic heterocycles. The highest BCUT2D eigenvalue weighted by atomic mass is 16.3. The Bertz CT molecular complexity index is 215. The van der Waals surface area contributed by atoms with Crippen molar-refractivity contribution >= 4 is 0 Å². The monoisotopic (exact) mass is 208 g/mol. The summed E-state index contributed by atoms with van der Waals surface area (Å²) in [5.74, 6) is 6.23. The van der Waals surface area contributed by atoms with Gasteiger partial charge in [-0.25, -0.2) is 0 Å². The van der Waals surface area contributed by atoms with Crippen LogP contribution in [-0.2, 0) is 0 Å². The topological polar surface area (TPSA) is 20.2 Å². The van der Waals surface area contributed by atoms with Crippen molar-refractivity contribution in [1.29, 1.82) is 0 Å². The van der Waals surface area contributed by atoms with Gasteiger partial charge in [-0.05, 0) is 32.1 Å². The number of rotatable bonds is 4. The summed E-state index contributed by atoms with van der Waals surface area (Å²) in [5.41, 5.74) is -0.636. The van der Waals surface area contributed by atoms with Gasteiger partial charge in [-0.15, -0.1) is 5.92 Å². The van der Waals surface area contributed by atoms with Gasteiger partial charge in [0.2, 0.25) is 0 Å². The van der Waals surface area contributed by atoms with Gasteiger partial charge in [-0.3, -0.25) is 0 Å². The Balaban J connectivity index is 2.17. The Labute approximate surface area is 94.3 Å². The SMILES string of the molecule is CCCCCCC#CC1(O)CCCCC1. The minimum Gasteiger partial charge on any atom is -0.378 e. The van der Waals surface area contributed by atoms with E-state index in [1.807, 2.05) is 0 Å². The summed E-state index contributed by atoms with van der Waals surface area (Å²) in [6.45, 7) is 2.22. The molecule has 0 unspecified atom stereocenters. The highest BCUT2D eigenvalue weighted by Crippen LogP contribution is 2.27. The highest BCUT2D eigenvalue weighted by molar-refractivity contribution is 5.14. The van der Waals surface area contributed by atoms with Crippen molar-refractivity contribution in [3.05, 3.63) is 0 Å². The van der Waals surface area contributed by atoms with E-state index in [2.05, 4.69) is 18.8 Å². The van der Waals surface area contributed by atoms with Crippen LogP contribution in [0.4, 0.5) is 0 Å². The number of aliphatic hydroxyl groups is 1. The van der Waals surface area contributed by atoms with E-state index >= 15 is 0 Å². The summed E-state index contributed by atoms with van der Waals surface area (Å²) >= 11 is 0. The minimum atomic E-state index is -0.636. The highest BCUT2D eigenvalue weighted by Gasteiger charge is 2.26. The van der Waals surface area contributed by atoms with Crippen LogP contribution in [0.1, 0.15) is 71.1 Å². The maximum absolute atomic E-state index is 10.1. The summed E-state index contributed by atoms with van der Waals surface area (Å²) < 4.78 is 0. The van der Waals surface area contributed by atoms with E-state index in [9.17, 15) is 5.11 Å². The molecule has 0 aliphatic heterocycles. The van der Waals surface area contributed by atoms with E-state index in [-0.39, 0.29) is 0 Å². The summed E-state index contributed by atoms with van der Waals surface area (Å²) in [4.78, 5) is 0. The molecule has 0 aromatic rings. The lowest BCUT2D eigenvalue weighted by molar-refractivity contribution is 0.0609. The number of hydrogen-bond donors (Lipinski definition) is 1.